The Balaban J connectivity index is 1.62. The van der Waals surface area contributed by atoms with Crippen molar-refractivity contribution in [2.45, 2.75) is 38.1 Å². The van der Waals surface area contributed by atoms with Gasteiger partial charge in [-0.15, -0.1) is 11.3 Å². The minimum Gasteiger partial charge on any atom is -0.380 e. The van der Waals surface area contributed by atoms with E-state index in [2.05, 4.69) is 41.1 Å². The third-order valence-electron chi connectivity index (χ3n) is 4.54. The molecular weight excluding hydrogens is 302 g/mol. The van der Waals surface area contributed by atoms with Crippen molar-refractivity contribution in [2.75, 3.05) is 25.5 Å². The summed E-state index contributed by atoms with van der Waals surface area (Å²) in [6.07, 6.45) is 3.40. The summed E-state index contributed by atoms with van der Waals surface area (Å²) in [5.74, 6) is 1.22. The summed E-state index contributed by atoms with van der Waals surface area (Å²) < 4.78 is 7.95. The van der Waals surface area contributed by atoms with Crippen molar-refractivity contribution in [1.82, 2.24) is 14.3 Å². The molecular formula is C15H21N3OS2. The van der Waals surface area contributed by atoms with Gasteiger partial charge in [0.15, 0.2) is 4.96 Å². The van der Waals surface area contributed by atoms with Gasteiger partial charge in [0.2, 0.25) is 0 Å². The van der Waals surface area contributed by atoms with Crippen LogP contribution in [0.15, 0.2) is 6.20 Å². The van der Waals surface area contributed by atoms with Gasteiger partial charge in [-0.25, -0.2) is 4.98 Å². The van der Waals surface area contributed by atoms with E-state index in [-0.39, 0.29) is 0 Å². The van der Waals surface area contributed by atoms with Crippen LogP contribution in [0.4, 0.5) is 0 Å². The number of hydrogen-bond donors (Lipinski definition) is 0. The molecule has 4 rings (SSSR count). The fraction of sp³-hybridized carbons (Fsp3) is 0.667. The highest BCUT2D eigenvalue weighted by molar-refractivity contribution is 8.00. The van der Waals surface area contributed by atoms with Crippen LogP contribution in [0.5, 0.6) is 0 Å². The van der Waals surface area contributed by atoms with Crippen LogP contribution in [-0.4, -0.2) is 51.1 Å². The molecule has 0 aliphatic carbocycles. The van der Waals surface area contributed by atoms with Crippen molar-refractivity contribution in [2.24, 2.45) is 0 Å². The number of fused-ring (bicyclic) bond motifs is 2. The molecule has 2 aliphatic rings. The number of aromatic nitrogens is 2. The van der Waals surface area contributed by atoms with E-state index in [1.807, 2.05) is 0 Å². The van der Waals surface area contributed by atoms with Gasteiger partial charge in [-0.05, 0) is 20.3 Å². The largest absolute Gasteiger partial charge is 0.380 e. The van der Waals surface area contributed by atoms with Crippen LogP contribution < -0.4 is 0 Å². The summed E-state index contributed by atoms with van der Waals surface area (Å²) in [6, 6.07) is 0.669. The predicted molar refractivity (Wildman–Crippen MR) is 88.4 cm³/mol. The summed E-state index contributed by atoms with van der Waals surface area (Å²) in [5, 5.41) is 0.653. The van der Waals surface area contributed by atoms with Crippen molar-refractivity contribution in [3.05, 3.63) is 22.5 Å². The fourth-order valence-electron chi connectivity index (χ4n) is 3.45. The van der Waals surface area contributed by atoms with E-state index in [1.165, 1.54) is 35.0 Å². The van der Waals surface area contributed by atoms with Crippen LogP contribution in [0, 0.1) is 13.8 Å². The first-order valence-corrected chi connectivity index (χ1v) is 9.46. The molecule has 6 heteroatoms. The topological polar surface area (TPSA) is 29.8 Å². The average molecular weight is 323 g/mol. The van der Waals surface area contributed by atoms with Crippen LogP contribution in [0.3, 0.4) is 0 Å². The third kappa shape index (κ3) is 2.52. The number of thioether (sulfide) groups is 1. The first-order chi connectivity index (χ1) is 10.2. The summed E-state index contributed by atoms with van der Waals surface area (Å²) >= 11 is 3.87. The molecule has 0 bridgehead atoms. The van der Waals surface area contributed by atoms with E-state index in [0.717, 1.165) is 24.7 Å². The maximum absolute atomic E-state index is 5.66. The number of thiazole rings is 1. The average Bonchev–Trinajstić information content (AvgIpc) is 2.97. The Morgan fingerprint density at radius 2 is 2.33 bits per heavy atom. The molecule has 4 nitrogen and oxygen atoms in total. The Morgan fingerprint density at radius 1 is 1.43 bits per heavy atom. The summed E-state index contributed by atoms with van der Waals surface area (Å²) in [5.41, 5.74) is 2.55. The molecule has 0 N–H and O–H groups in total. The monoisotopic (exact) mass is 323 g/mol. The zero-order chi connectivity index (χ0) is 14.4. The van der Waals surface area contributed by atoms with Gasteiger partial charge in [0.1, 0.15) is 0 Å². The molecule has 0 amide bonds. The van der Waals surface area contributed by atoms with Crippen LogP contribution in [0.25, 0.3) is 4.96 Å². The standard InChI is InChI=1S/C15H21N3OS2/c1-10-7-18-13(11(2)16-15(18)21-10)8-17-4-6-20-14-9-19-5-3-12(14)17/h7,12,14H,3-6,8-9H2,1-2H3/t12-,14+/m1/s1. The van der Waals surface area contributed by atoms with Crippen LogP contribution in [-0.2, 0) is 11.3 Å². The highest BCUT2D eigenvalue weighted by Crippen LogP contribution is 2.32. The summed E-state index contributed by atoms with van der Waals surface area (Å²) in [6.45, 7) is 8.34. The molecule has 4 heterocycles. The zero-order valence-electron chi connectivity index (χ0n) is 12.5. The van der Waals surface area contributed by atoms with Crippen molar-refractivity contribution in [1.29, 1.82) is 0 Å². The van der Waals surface area contributed by atoms with Crippen molar-refractivity contribution >= 4 is 28.1 Å². The number of ether oxygens (including phenoxy) is 1. The van der Waals surface area contributed by atoms with Crippen LogP contribution >= 0.6 is 23.1 Å². The van der Waals surface area contributed by atoms with Crippen LogP contribution in [0.2, 0.25) is 0 Å². The number of hydrogen-bond acceptors (Lipinski definition) is 5. The molecule has 2 aromatic heterocycles. The van der Waals surface area contributed by atoms with Gasteiger partial charge in [-0.3, -0.25) is 9.30 Å². The first kappa shape index (κ1) is 14.1. The Morgan fingerprint density at radius 3 is 3.24 bits per heavy atom. The third-order valence-corrected chi connectivity index (χ3v) is 6.74. The zero-order valence-corrected chi connectivity index (χ0v) is 14.2. The van der Waals surface area contributed by atoms with Gasteiger partial charge in [0, 0.05) is 47.8 Å². The molecule has 0 spiro atoms. The normalized spacial score (nSPS) is 27.1. The van der Waals surface area contributed by atoms with Crippen molar-refractivity contribution in [3.63, 3.8) is 0 Å². The van der Waals surface area contributed by atoms with E-state index in [9.17, 15) is 0 Å². The van der Waals surface area contributed by atoms with Gasteiger partial charge >= 0.3 is 0 Å². The Kier molecular flexibility index (Phi) is 3.73. The SMILES string of the molecule is Cc1cn2c(CN3CCS[C@H]4COCC[C@H]43)c(C)nc2s1. The Labute approximate surface area is 133 Å². The second-order valence-electron chi connectivity index (χ2n) is 5.95. The molecule has 2 atom stereocenters. The minimum absolute atomic E-state index is 0.653. The number of aryl methyl sites for hydroxylation is 2. The van der Waals surface area contributed by atoms with E-state index < -0.39 is 0 Å². The highest BCUT2D eigenvalue weighted by Gasteiger charge is 2.35. The molecule has 114 valence electrons. The quantitative estimate of drug-likeness (QED) is 0.850. The van der Waals surface area contributed by atoms with Gasteiger partial charge in [-0.1, -0.05) is 0 Å². The van der Waals surface area contributed by atoms with Gasteiger partial charge in [0.05, 0.1) is 18.0 Å². The Hall–Kier alpha value is -0.560. The van der Waals surface area contributed by atoms with Gasteiger partial charge in [0.25, 0.3) is 0 Å². The molecule has 2 saturated heterocycles. The van der Waals surface area contributed by atoms with E-state index >= 15 is 0 Å². The first-order valence-electron chi connectivity index (χ1n) is 7.60. The molecule has 0 unspecified atom stereocenters. The maximum Gasteiger partial charge on any atom is 0.194 e. The predicted octanol–water partition coefficient (Wildman–Crippen LogP) is 2.72. The minimum atomic E-state index is 0.653. The summed E-state index contributed by atoms with van der Waals surface area (Å²) in [4.78, 5) is 9.85. The number of rotatable bonds is 2. The maximum atomic E-state index is 5.66. The second kappa shape index (κ2) is 5.57. The molecule has 2 aliphatic heterocycles. The van der Waals surface area contributed by atoms with Crippen molar-refractivity contribution < 1.29 is 4.74 Å². The molecule has 0 saturated carbocycles. The Bertz CT molecular complexity index is 649. The van der Waals surface area contributed by atoms with Gasteiger partial charge < -0.3 is 4.74 Å². The van der Waals surface area contributed by atoms with Crippen molar-refractivity contribution in [3.8, 4) is 0 Å². The molecule has 2 fully saturated rings. The molecule has 0 aromatic carbocycles. The second-order valence-corrected chi connectivity index (χ2v) is 8.51. The summed E-state index contributed by atoms with van der Waals surface area (Å²) in [7, 11) is 0. The van der Waals surface area contributed by atoms with E-state index in [1.54, 1.807) is 11.3 Å². The lowest BCUT2D eigenvalue weighted by Gasteiger charge is -2.43. The molecule has 2 aromatic rings. The van der Waals surface area contributed by atoms with E-state index in [0.29, 0.717) is 11.3 Å². The van der Waals surface area contributed by atoms with E-state index in [4.69, 9.17) is 9.72 Å². The lowest BCUT2D eigenvalue weighted by molar-refractivity contribution is 0.0346. The number of nitrogens with zero attached hydrogens (tertiary/aromatic N) is 3. The smallest absolute Gasteiger partial charge is 0.194 e. The van der Waals surface area contributed by atoms with Crippen LogP contribution in [0.1, 0.15) is 22.7 Å². The molecule has 21 heavy (non-hydrogen) atoms. The van der Waals surface area contributed by atoms with Gasteiger partial charge in [-0.2, -0.15) is 11.8 Å². The fourth-order valence-corrected chi connectivity index (χ4v) is 5.71. The highest BCUT2D eigenvalue weighted by atomic mass is 32.2. The number of imidazole rings is 1. The lowest BCUT2D eigenvalue weighted by atomic mass is 10.1. The molecule has 0 radical (unpaired) electrons. The lowest BCUT2D eigenvalue weighted by Crippen LogP contribution is -2.51.